The summed E-state index contributed by atoms with van der Waals surface area (Å²) in [5.74, 6) is 0.789. The largest absolute Gasteiger partial charge is 0.342 e. The van der Waals surface area contributed by atoms with E-state index in [4.69, 9.17) is 4.98 Å². The minimum absolute atomic E-state index is 0.0139. The number of aromatic nitrogens is 3. The Morgan fingerprint density at radius 3 is 2.75 bits per heavy atom. The summed E-state index contributed by atoms with van der Waals surface area (Å²) in [4.78, 5) is 36.3. The third-order valence-electron chi connectivity index (χ3n) is 6.61. The average molecular weight is 427 g/mol. The zero-order chi connectivity index (χ0) is 22.2. The first-order valence-corrected chi connectivity index (χ1v) is 11.1. The van der Waals surface area contributed by atoms with E-state index < -0.39 is 0 Å². The van der Waals surface area contributed by atoms with E-state index in [1.807, 2.05) is 49.5 Å². The van der Waals surface area contributed by atoms with Crippen molar-refractivity contribution in [3.63, 3.8) is 0 Å². The van der Waals surface area contributed by atoms with Crippen molar-refractivity contribution < 1.29 is 4.79 Å². The predicted octanol–water partition coefficient (Wildman–Crippen LogP) is 4.41. The van der Waals surface area contributed by atoms with Crippen molar-refractivity contribution in [1.82, 2.24) is 19.4 Å². The van der Waals surface area contributed by atoms with Crippen LogP contribution in [0.1, 0.15) is 36.0 Å². The summed E-state index contributed by atoms with van der Waals surface area (Å²) < 4.78 is 1.57. The van der Waals surface area contributed by atoms with Gasteiger partial charge >= 0.3 is 0 Å². The van der Waals surface area contributed by atoms with Crippen molar-refractivity contribution in [2.45, 2.75) is 25.7 Å². The summed E-state index contributed by atoms with van der Waals surface area (Å²) >= 11 is 0. The van der Waals surface area contributed by atoms with Gasteiger partial charge in [0.15, 0.2) is 0 Å². The molecule has 1 saturated carbocycles. The lowest BCUT2D eigenvalue weighted by molar-refractivity contribution is 0.0779. The van der Waals surface area contributed by atoms with Crippen LogP contribution >= 0.6 is 0 Å². The van der Waals surface area contributed by atoms with E-state index in [-0.39, 0.29) is 11.5 Å². The Morgan fingerprint density at radius 1 is 1.12 bits per heavy atom. The van der Waals surface area contributed by atoms with Gasteiger partial charge in [0.25, 0.3) is 11.5 Å². The number of aryl methyl sites for hydroxylation is 1. The van der Waals surface area contributed by atoms with Gasteiger partial charge in [-0.15, -0.1) is 0 Å². The van der Waals surface area contributed by atoms with Crippen LogP contribution in [0.5, 0.6) is 0 Å². The molecule has 1 aliphatic rings. The van der Waals surface area contributed by atoms with Gasteiger partial charge in [0.05, 0.1) is 22.9 Å². The standard InChI is InChI=1S/C26H26N4O2/c1-29(12-10-17-4-3-5-17)25(31)20-7-9-22-23(15-20)28-24(16-27-22)19-6-8-21-18(14-19)11-13-30(2)26(21)32/h6-9,11,13-17H,3-5,10,12H2,1-2H3. The highest BCUT2D eigenvalue weighted by Gasteiger charge is 2.20. The molecule has 2 heterocycles. The van der Waals surface area contributed by atoms with Crippen LogP contribution in [-0.4, -0.2) is 38.9 Å². The molecule has 0 bridgehead atoms. The molecule has 5 rings (SSSR count). The summed E-state index contributed by atoms with van der Waals surface area (Å²) in [7, 11) is 3.61. The average Bonchev–Trinajstić information content (AvgIpc) is 2.79. The summed E-state index contributed by atoms with van der Waals surface area (Å²) in [6, 6.07) is 13.1. The Hall–Kier alpha value is -3.54. The molecule has 2 aromatic carbocycles. The second-order valence-corrected chi connectivity index (χ2v) is 8.80. The molecule has 1 fully saturated rings. The fourth-order valence-corrected chi connectivity index (χ4v) is 4.27. The fourth-order valence-electron chi connectivity index (χ4n) is 4.27. The highest BCUT2D eigenvalue weighted by Crippen LogP contribution is 2.29. The topological polar surface area (TPSA) is 68.1 Å². The number of carbonyl (C=O) groups excluding carboxylic acids is 1. The second kappa shape index (κ2) is 8.19. The number of carbonyl (C=O) groups is 1. The van der Waals surface area contributed by atoms with Crippen molar-refractivity contribution in [3.05, 3.63) is 70.8 Å². The third-order valence-corrected chi connectivity index (χ3v) is 6.61. The quantitative estimate of drug-likeness (QED) is 0.474. The fraction of sp³-hybridized carbons (Fsp3) is 0.308. The van der Waals surface area contributed by atoms with E-state index in [9.17, 15) is 9.59 Å². The number of pyridine rings is 1. The molecular formula is C26H26N4O2. The van der Waals surface area contributed by atoms with Gasteiger partial charge in [0.1, 0.15) is 0 Å². The zero-order valence-electron chi connectivity index (χ0n) is 18.4. The normalized spacial score (nSPS) is 13.9. The van der Waals surface area contributed by atoms with Gasteiger partial charge in [-0.1, -0.05) is 25.3 Å². The number of hydrogen-bond donors (Lipinski definition) is 0. The molecule has 1 amide bonds. The lowest BCUT2D eigenvalue weighted by atomic mass is 9.83. The lowest BCUT2D eigenvalue weighted by Crippen LogP contribution is -2.30. The second-order valence-electron chi connectivity index (χ2n) is 8.80. The third kappa shape index (κ3) is 3.77. The van der Waals surface area contributed by atoms with Crippen molar-refractivity contribution in [3.8, 4) is 11.3 Å². The van der Waals surface area contributed by atoms with Crippen LogP contribution in [-0.2, 0) is 7.05 Å². The highest BCUT2D eigenvalue weighted by atomic mass is 16.2. The zero-order valence-corrected chi connectivity index (χ0v) is 18.4. The molecule has 2 aromatic heterocycles. The molecule has 0 unspecified atom stereocenters. The smallest absolute Gasteiger partial charge is 0.258 e. The number of nitrogens with zero attached hydrogens (tertiary/aromatic N) is 4. The van der Waals surface area contributed by atoms with Gasteiger partial charge in [-0.05, 0) is 54.1 Å². The molecule has 6 heteroatoms. The molecule has 0 spiro atoms. The number of rotatable bonds is 5. The highest BCUT2D eigenvalue weighted by molar-refractivity contribution is 5.97. The minimum Gasteiger partial charge on any atom is -0.342 e. The van der Waals surface area contributed by atoms with Gasteiger partial charge in [0.2, 0.25) is 0 Å². The monoisotopic (exact) mass is 426 g/mol. The molecule has 162 valence electrons. The molecule has 1 aliphatic carbocycles. The van der Waals surface area contributed by atoms with Gasteiger partial charge in [0, 0.05) is 43.4 Å². The minimum atomic E-state index is -0.0248. The molecule has 0 N–H and O–H groups in total. The Kier molecular flexibility index (Phi) is 5.21. The van der Waals surface area contributed by atoms with Crippen molar-refractivity contribution in [2.75, 3.05) is 13.6 Å². The maximum absolute atomic E-state index is 12.9. The number of fused-ring (bicyclic) bond motifs is 2. The van der Waals surface area contributed by atoms with E-state index in [0.29, 0.717) is 22.2 Å². The predicted molar refractivity (Wildman–Crippen MR) is 127 cm³/mol. The Morgan fingerprint density at radius 2 is 1.97 bits per heavy atom. The van der Waals surface area contributed by atoms with Gasteiger partial charge < -0.3 is 9.47 Å². The molecule has 6 nitrogen and oxygen atoms in total. The number of hydrogen-bond acceptors (Lipinski definition) is 4. The molecule has 0 radical (unpaired) electrons. The van der Waals surface area contributed by atoms with E-state index in [1.54, 1.807) is 28.9 Å². The van der Waals surface area contributed by atoms with Crippen molar-refractivity contribution in [2.24, 2.45) is 13.0 Å². The number of amides is 1. The maximum atomic E-state index is 12.9. The Balaban J connectivity index is 1.44. The SMILES string of the molecule is CN(CCC1CCC1)C(=O)c1ccc2ncc(-c3ccc4c(=O)n(C)ccc4c3)nc2c1. The van der Waals surface area contributed by atoms with Crippen LogP contribution in [0, 0.1) is 5.92 Å². The first-order chi connectivity index (χ1) is 15.5. The first-order valence-electron chi connectivity index (χ1n) is 11.1. The van der Waals surface area contributed by atoms with Crippen LogP contribution in [0.3, 0.4) is 0 Å². The lowest BCUT2D eigenvalue weighted by Gasteiger charge is -2.27. The summed E-state index contributed by atoms with van der Waals surface area (Å²) in [5.41, 5.74) is 3.63. The van der Waals surface area contributed by atoms with E-state index in [2.05, 4.69) is 4.98 Å². The van der Waals surface area contributed by atoms with Crippen LogP contribution < -0.4 is 5.56 Å². The molecule has 4 aromatic rings. The molecule has 0 saturated heterocycles. The molecular weight excluding hydrogens is 400 g/mol. The summed E-state index contributed by atoms with van der Waals surface area (Å²) in [5, 5.41) is 1.54. The van der Waals surface area contributed by atoms with Crippen LogP contribution in [0.15, 0.2) is 59.7 Å². The van der Waals surface area contributed by atoms with Gasteiger partial charge in [-0.2, -0.15) is 0 Å². The molecule has 0 aliphatic heterocycles. The Labute approximate surface area is 186 Å². The van der Waals surface area contributed by atoms with E-state index >= 15 is 0 Å². The first kappa shape index (κ1) is 20.4. The van der Waals surface area contributed by atoms with Crippen molar-refractivity contribution >= 4 is 27.7 Å². The van der Waals surface area contributed by atoms with Crippen LogP contribution in [0.4, 0.5) is 0 Å². The van der Waals surface area contributed by atoms with E-state index in [0.717, 1.165) is 35.3 Å². The van der Waals surface area contributed by atoms with Gasteiger partial charge in [-0.25, -0.2) is 4.98 Å². The molecule has 32 heavy (non-hydrogen) atoms. The molecule has 0 atom stereocenters. The van der Waals surface area contributed by atoms with Gasteiger partial charge in [-0.3, -0.25) is 14.6 Å². The summed E-state index contributed by atoms with van der Waals surface area (Å²) in [6.45, 7) is 0.782. The number of benzene rings is 2. The van der Waals surface area contributed by atoms with Crippen LogP contribution in [0.25, 0.3) is 33.1 Å². The van der Waals surface area contributed by atoms with Crippen LogP contribution in [0.2, 0.25) is 0 Å². The summed E-state index contributed by atoms with van der Waals surface area (Å²) in [6.07, 6.45) is 8.48. The van der Waals surface area contributed by atoms with Crippen molar-refractivity contribution in [1.29, 1.82) is 0 Å². The Bertz CT molecular complexity index is 1390. The maximum Gasteiger partial charge on any atom is 0.258 e. The van der Waals surface area contributed by atoms with E-state index in [1.165, 1.54) is 19.3 Å².